The number of benzene rings is 2. The summed E-state index contributed by atoms with van der Waals surface area (Å²) in [5.74, 6) is 1.01. The number of hydrogen-bond donors (Lipinski definition) is 1. The third kappa shape index (κ3) is 3.30. The maximum Gasteiger partial charge on any atom is 0.262 e. The van der Waals surface area contributed by atoms with Crippen molar-refractivity contribution in [3.05, 3.63) is 59.2 Å². The lowest BCUT2D eigenvalue weighted by molar-refractivity contribution is -0.118. The Bertz CT molecular complexity index is 839. The molecule has 1 aliphatic heterocycles. The minimum absolute atomic E-state index is 0.00296. The van der Waals surface area contributed by atoms with Gasteiger partial charge in [0.1, 0.15) is 11.5 Å². The molecule has 0 aliphatic carbocycles. The predicted molar refractivity (Wildman–Crippen MR) is 91.7 cm³/mol. The number of rotatable bonds is 4. The number of carbonyl (C=O) groups excluding carboxylic acids is 2. The monoisotopic (exact) mass is 323 g/mol. The molecule has 2 aromatic carbocycles. The summed E-state index contributed by atoms with van der Waals surface area (Å²) in [6.45, 7) is 1.95. The summed E-state index contributed by atoms with van der Waals surface area (Å²) in [4.78, 5) is 23.7. The number of nitrogens with one attached hydrogen (secondary N) is 1. The molecular formula is C19H17NO4. The fourth-order valence-electron chi connectivity index (χ4n) is 2.51. The van der Waals surface area contributed by atoms with E-state index in [-0.39, 0.29) is 18.3 Å². The Morgan fingerprint density at radius 1 is 1.25 bits per heavy atom. The zero-order valence-electron chi connectivity index (χ0n) is 13.5. The molecule has 1 heterocycles. The van der Waals surface area contributed by atoms with E-state index in [1.165, 1.54) is 6.08 Å². The second-order valence-electron chi connectivity index (χ2n) is 5.47. The lowest BCUT2D eigenvalue weighted by Crippen LogP contribution is -2.25. The summed E-state index contributed by atoms with van der Waals surface area (Å²) >= 11 is 0. The van der Waals surface area contributed by atoms with Crippen LogP contribution in [0.2, 0.25) is 0 Å². The van der Waals surface area contributed by atoms with Gasteiger partial charge in [-0.25, -0.2) is 0 Å². The fraction of sp³-hybridized carbons (Fsp3) is 0.158. The Labute approximate surface area is 139 Å². The summed E-state index contributed by atoms with van der Waals surface area (Å²) in [7, 11) is 1.62. The van der Waals surface area contributed by atoms with Gasteiger partial charge in [0.25, 0.3) is 5.91 Å². The highest BCUT2D eigenvalue weighted by Crippen LogP contribution is 2.28. The Morgan fingerprint density at radius 2 is 2.08 bits per heavy atom. The Balaban J connectivity index is 1.78. The maximum atomic E-state index is 12.3. The minimum Gasteiger partial charge on any atom is -0.496 e. The van der Waals surface area contributed by atoms with Gasteiger partial charge in [0.15, 0.2) is 12.4 Å². The molecule has 1 N–H and O–H groups in total. The van der Waals surface area contributed by atoms with Crippen LogP contribution in [0.15, 0.2) is 42.5 Å². The largest absolute Gasteiger partial charge is 0.496 e. The van der Waals surface area contributed by atoms with Crippen molar-refractivity contribution >= 4 is 23.5 Å². The van der Waals surface area contributed by atoms with Crippen LogP contribution in [0.3, 0.4) is 0 Å². The molecule has 24 heavy (non-hydrogen) atoms. The van der Waals surface area contributed by atoms with Crippen LogP contribution < -0.4 is 14.8 Å². The molecule has 3 rings (SSSR count). The molecule has 0 bridgehead atoms. The van der Waals surface area contributed by atoms with Crippen molar-refractivity contribution in [1.82, 2.24) is 0 Å². The number of ketones is 1. The van der Waals surface area contributed by atoms with E-state index < -0.39 is 0 Å². The van der Waals surface area contributed by atoms with Gasteiger partial charge in [0.2, 0.25) is 0 Å². The number of allylic oxidation sites excluding steroid dienone is 1. The third-order valence-corrected chi connectivity index (χ3v) is 3.74. The smallest absolute Gasteiger partial charge is 0.262 e. The van der Waals surface area contributed by atoms with Gasteiger partial charge in [-0.1, -0.05) is 12.1 Å². The quantitative estimate of drug-likeness (QED) is 0.693. The van der Waals surface area contributed by atoms with E-state index in [0.717, 1.165) is 16.9 Å². The molecule has 0 fully saturated rings. The first kappa shape index (κ1) is 15.8. The van der Waals surface area contributed by atoms with E-state index in [1.807, 2.05) is 25.1 Å². The highest BCUT2D eigenvalue weighted by Gasteiger charge is 2.17. The lowest BCUT2D eigenvalue weighted by atomic mass is 10.1. The van der Waals surface area contributed by atoms with Crippen molar-refractivity contribution < 1.29 is 19.1 Å². The van der Waals surface area contributed by atoms with Crippen LogP contribution in [0.4, 0.5) is 5.69 Å². The molecule has 0 saturated carbocycles. The normalized spacial score (nSPS) is 13.2. The molecule has 5 nitrogen and oxygen atoms in total. The summed E-state index contributed by atoms with van der Waals surface area (Å²) in [5.41, 5.74) is 2.92. The molecule has 5 heteroatoms. The number of carbonyl (C=O) groups is 2. The highest BCUT2D eigenvalue weighted by molar-refractivity contribution is 6.08. The Hall–Kier alpha value is -3.08. The minimum atomic E-state index is -0.226. The summed E-state index contributed by atoms with van der Waals surface area (Å²) < 4.78 is 10.5. The first-order valence-electron chi connectivity index (χ1n) is 7.50. The summed E-state index contributed by atoms with van der Waals surface area (Å²) in [5, 5.41) is 2.69. The molecule has 1 aliphatic rings. The van der Waals surface area contributed by atoms with Crippen molar-refractivity contribution in [2.24, 2.45) is 0 Å². The second-order valence-corrected chi connectivity index (χ2v) is 5.47. The van der Waals surface area contributed by atoms with E-state index in [2.05, 4.69) is 5.32 Å². The predicted octanol–water partition coefficient (Wildman–Crippen LogP) is 3.23. The summed E-state index contributed by atoms with van der Waals surface area (Å²) in [6.07, 6.45) is 3.26. The highest BCUT2D eigenvalue weighted by atomic mass is 16.5. The average Bonchev–Trinajstić information content (AvgIpc) is 2.59. The second kappa shape index (κ2) is 6.58. The Morgan fingerprint density at radius 3 is 2.83 bits per heavy atom. The van der Waals surface area contributed by atoms with Gasteiger partial charge < -0.3 is 14.8 Å². The van der Waals surface area contributed by atoms with Gasteiger partial charge in [-0.15, -0.1) is 0 Å². The van der Waals surface area contributed by atoms with Crippen molar-refractivity contribution in [3.8, 4) is 11.5 Å². The van der Waals surface area contributed by atoms with Crippen LogP contribution in [-0.2, 0) is 4.79 Å². The molecule has 0 radical (unpaired) electrons. The van der Waals surface area contributed by atoms with Gasteiger partial charge in [-0.3, -0.25) is 9.59 Å². The van der Waals surface area contributed by atoms with Gasteiger partial charge in [0.05, 0.1) is 12.8 Å². The third-order valence-electron chi connectivity index (χ3n) is 3.74. The molecule has 0 aromatic heterocycles. The first-order chi connectivity index (χ1) is 11.6. The number of amides is 1. The van der Waals surface area contributed by atoms with Crippen LogP contribution in [0.25, 0.3) is 6.08 Å². The van der Waals surface area contributed by atoms with Gasteiger partial charge in [-0.2, -0.15) is 0 Å². The van der Waals surface area contributed by atoms with E-state index in [1.54, 1.807) is 31.4 Å². The molecule has 0 atom stereocenters. The SMILES string of the molecule is COc1ccc(/C=C/C(=O)c2ccc3c(c2)NC(=O)CO3)cc1C. The first-order valence-corrected chi connectivity index (χ1v) is 7.50. The average molecular weight is 323 g/mol. The van der Waals surface area contributed by atoms with Crippen molar-refractivity contribution in [2.45, 2.75) is 6.92 Å². The number of hydrogen-bond acceptors (Lipinski definition) is 4. The summed E-state index contributed by atoms with van der Waals surface area (Å²) in [6, 6.07) is 10.7. The molecule has 1 amide bonds. The zero-order valence-corrected chi connectivity index (χ0v) is 13.5. The van der Waals surface area contributed by atoms with Crippen LogP contribution >= 0.6 is 0 Å². The standard InChI is InChI=1S/C19H17NO4/c1-12-9-13(4-7-17(12)23-2)3-6-16(21)14-5-8-18-15(10-14)20-19(22)11-24-18/h3-10H,11H2,1-2H3,(H,20,22)/b6-3+. The number of fused-ring (bicyclic) bond motifs is 1. The van der Waals surface area contributed by atoms with Crippen LogP contribution in [0.5, 0.6) is 11.5 Å². The van der Waals surface area contributed by atoms with Crippen molar-refractivity contribution in [1.29, 1.82) is 0 Å². The molecular weight excluding hydrogens is 306 g/mol. The van der Waals surface area contributed by atoms with Crippen LogP contribution in [0, 0.1) is 6.92 Å². The van der Waals surface area contributed by atoms with Gasteiger partial charge in [-0.05, 0) is 54.5 Å². The van der Waals surface area contributed by atoms with E-state index in [4.69, 9.17) is 9.47 Å². The topological polar surface area (TPSA) is 64.6 Å². The number of ether oxygens (including phenoxy) is 2. The molecule has 0 spiro atoms. The van der Waals surface area contributed by atoms with Gasteiger partial charge in [0, 0.05) is 5.56 Å². The van der Waals surface area contributed by atoms with Gasteiger partial charge >= 0.3 is 0 Å². The van der Waals surface area contributed by atoms with Crippen molar-refractivity contribution in [2.75, 3.05) is 19.0 Å². The Kier molecular flexibility index (Phi) is 4.33. The number of anilines is 1. The number of methoxy groups -OCH3 is 1. The van der Waals surface area contributed by atoms with Crippen molar-refractivity contribution in [3.63, 3.8) is 0 Å². The van der Waals surface area contributed by atoms with E-state index >= 15 is 0 Å². The van der Waals surface area contributed by atoms with Crippen LogP contribution in [0.1, 0.15) is 21.5 Å². The maximum absolute atomic E-state index is 12.3. The number of aryl methyl sites for hydroxylation is 1. The molecule has 122 valence electrons. The lowest BCUT2D eigenvalue weighted by Gasteiger charge is -2.17. The molecule has 2 aromatic rings. The zero-order chi connectivity index (χ0) is 17.1. The molecule has 0 saturated heterocycles. The van der Waals surface area contributed by atoms with E-state index in [0.29, 0.717) is 17.0 Å². The van der Waals surface area contributed by atoms with Crippen LogP contribution in [-0.4, -0.2) is 25.4 Å². The fourth-order valence-corrected chi connectivity index (χ4v) is 2.51. The van der Waals surface area contributed by atoms with E-state index in [9.17, 15) is 9.59 Å². The molecule has 0 unspecified atom stereocenters.